The molecule has 0 saturated carbocycles. The lowest BCUT2D eigenvalue weighted by atomic mass is 10.3. The number of phenols is 1. The molecule has 0 unspecified atom stereocenters. The van der Waals surface area contributed by atoms with E-state index in [0.29, 0.717) is 0 Å². The Morgan fingerprint density at radius 2 is 2.21 bits per heavy atom. The van der Waals surface area contributed by atoms with Crippen molar-refractivity contribution < 1.29 is 5.11 Å². The van der Waals surface area contributed by atoms with Crippen LogP contribution in [0.25, 0.3) is 5.69 Å². The average molecular weight is 253 g/mol. The van der Waals surface area contributed by atoms with Crippen molar-refractivity contribution in [1.29, 1.82) is 0 Å². The smallest absolute Gasteiger partial charge is 0.116 e. The van der Waals surface area contributed by atoms with Crippen LogP contribution in [-0.2, 0) is 0 Å². The van der Waals surface area contributed by atoms with Crippen molar-refractivity contribution in [1.82, 2.24) is 9.78 Å². The van der Waals surface area contributed by atoms with Crippen molar-refractivity contribution in [2.24, 2.45) is 0 Å². The van der Waals surface area contributed by atoms with Crippen LogP contribution >= 0.6 is 15.9 Å². The van der Waals surface area contributed by atoms with E-state index in [4.69, 9.17) is 0 Å². The maximum Gasteiger partial charge on any atom is 0.116 e. The molecule has 0 aliphatic heterocycles. The molecule has 3 nitrogen and oxygen atoms in total. The fourth-order valence-corrected chi connectivity index (χ4v) is 1.77. The van der Waals surface area contributed by atoms with E-state index in [0.717, 1.165) is 15.7 Å². The van der Waals surface area contributed by atoms with Crippen molar-refractivity contribution in [2.75, 3.05) is 0 Å². The van der Waals surface area contributed by atoms with Crippen LogP contribution in [0.4, 0.5) is 0 Å². The number of aryl methyl sites for hydroxylation is 1. The maximum absolute atomic E-state index is 9.23. The molecule has 1 N–H and O–H groups in total. The highest BCUT2D eigenvalue weighted by Gasteiger charge is 2.03. The molecule has 2 rings (SSSR count). The summed E-state index contributed by atoms with van der Waals surface area (Å²) in [7, 11) is 0. The number of hydrogen-bond donors (Lipinski definition) is 1. The molecule has 0 saturated heterocycles. The van der Waals surface area contributed by atoms with Crippen molar-refractivity contribution >= 4 is 15.9 Å². The quantitative estimate of drug-likeness (QED) is 0.848. The highest BCUT2D eigenvalue weighted by atomic mass is 79.9. The second kappa shape index (κ2) is 3.46. The Bertz CT molecular complexity index is 465. The van der Waals surface area contributed by atoms with Crippen LogP contribution in [0.2, 0.25) is 0 Å². The molecule has 4 heteroatoms. The third kappa shape index (κ3) is 1.65. The van der Waals surface area contributed by atoms with Crippen LogP contribution in [-0.4, -0.2) is 14.9 Å². The SMILES string of the molecule is Cc1cnn(-c2ccc(O)cc2Br)c1. The summed E-state index contributed by atoms with van der Waals surface area (Å²) < 4.78 is 2.58. The molecular weight excluding hydrogens is 244 g/mol. The second-order valence-corrected chi connectivity index (χ2v) is 3.95. The third-order valence-corrected chi connectivity index (χ3v) is 2.52. The summed E-state index contributed by atoms with van der Waals surface area (Å²) in [5.74, 6) is 0.240. The molecule has 0 atom stereocenters. The van der Waals surface area contributed by atoms with E-state index in [-0.39, 0.29) is 5.75 Å². The summed E-state index contributed by atoms with van der Waals surface area (Å²) >= 11 is 3.37. The van der Waals surface area contributed by atoms with E-state index in [1.165, 1.54) is 0 Å². The van der Waals surface area contributed by atoms with E-state index in [9.17, 15) is 5.11 Å². The maximum atomic E-state index is 9.23. The minimum Gasteiger partial charge on any atom is -0.508 e. The Morgan fingerprint density at radius 1 is 1.43 bits per heavy atom. The lowest BCUT2D eigenvalue weighted by Gasteiger charge is -2.04. The summed E-state index contributed by atoms with van der Waals surface area (Å²) in [5, 5.41) is 13.4. The van der Waals surface area contributed by atoms with E-state index in [1.807, 2.05) is 19.2 Å². The van der Waals surface area contributed by atoms with Crippen molar-refractivity contribution in [3.63, 3.8) is 0 Å². The number of benzene rings is 1. The molecule has 1 aromatic carbocycles. The molecule has 1 heterocycles. The first kappa shape index (κ1) is 9.27. The summed E-state index contributed by atoms with van der Waals surface area (Å²) in [6.45, 7) is 1.98. The Hall–Kier alpha value is -1.29. The van der Waals surface area contributed by atoms with Gasteiger partial charge in [0, 0.05) is 10.7 Å². The molecule has 0 aliphatic carbocycles. The van der Waals surface area contributed by atoms with Crippen LogP contribution in [0.1, 0.15) is 5.56 Å². The molecule has 0 radical (unpaired) electrons. The molecule has 1 aromatic heterocycles. The molecule has 0 spiro atoms. The highest BCUT2D eigenvalue weighted by Crippen LogP contribution is 2.24. The zero-order valence-corrected chi connectivity index (χ0v) is 9.19. The highest BCUT2D eigenvalue weighted by molar-refractivity contribution is 9.10. The Morgan fingerprint density at radius 3 is 2.79 bits per heavy atom. The van der Waals surface area contributed by atoms with Gasteiger partial charge in [-0.3, -0.25) is 0 Å². The third-order valence-electron chi connectivity index (χ3n) is 1.89. The lowest BCUT2D eigenvalue weighted by Crippen LogP contribution is -1.94. The van der Waals surface area contributed by atoms with Gasteiger partial charge in [-0.1, -0.05) is 0 Å². The number of hydrogen-bond acceptors (Lipinski definition) is 2. The molecular formula is C10H9BrN2O. The van der Waals surface area contributed by atoms with Crippen LogP contribution in [0, 0.1) is 6.92 Å². The largest absolute Gasteiger partial charge is 0.508 e. The molecule has 0 amide bonds. The van der Waals surface area contributed by atoms with Gasteiger partial charge in [-0.25, -0.2) is 4.68 Å². The molecule has 2 aromatic rings. The van der Waals surface area contributed by atoms with E-state index in [1.54, 1.807) is 23.0 Å². The van der Waals surface area contributed by atoms with Gasteiger partial charge in [0.25, 0.3) is 0 Å². The summed E-state index contributed by atoms with van der Waals surface area (Å²) in [4.78, 5) is 0. The number of aromatic hydroxyl groups is 1. The zero-order valence-electron chi connectivity index (χ0n) is 7.61. The molecule has 14 heavy (non-hydrogen) atoms. The number of halogens is 1. The topological polar surface area (TPSA) is 38.0 Å². The van der Waals surface area contributed by atoms with Crippen LogP contribution in [0.15, 0.2) is 35.1 Å². The van der Waals surface area contributed by atoms with Crippen molar-refractivity contribution in [3.8, 4) is 11.4 Å². The van der Waals surface area contributed by atoms with Crippen LogP contribution in [0.5, 0.6) is 5.75 Å². The van der Waals surface area contributed by atoms with Crippen LogP contribution < -0.4 is 0 Å². The molecule has 0 aliphatic rings. The number of nitrogens with zero attached hydrogens (tertiary/aromatic N) is 2. The van der Waals surface area contributed by atoms with E-state index in [2.05, 4.69) is 21.0 Å². The standard InChI is InChI=1S/C10H9BrN2O/c1-7-5-12-13(6-7)10-3-2-8(14)4-9(10)11/h2-6,14H,1H3. The number of rotatable bonds is 1. The van der Waals surface area contributed by atoms with Gasteiger partial charge in [-0.15, -0.1) is 0 Å². The van der Waals surface area contributed by atoms with Gasteiger partial charge >= 0.3 is 0 Å². The summed E-state index contributed by atoms with van der Waals surface area (Å²) in [5.41, 5.74) is 2.01. The van der Waals surface area contributed by atoms with Gasteiger partial charge in [0.2, 0.25) is 0 Å². The van der Waals surface area contributed by atoms with E-state index < -0.39 is 0 Å². The first-order valence-corrected chi connectivity index (χ1v) is 4.96. The Balaban J connectivity index is 2.52. The van der Waals surface area contributed by atoms with Crippen molar-refractivity contribution in [2.45, 2.75) is 6.92 Å². The monoisotopic (exact) mass is 252 g/mol. The number of phenolic OH excluding ortho intramolecular Hbond substituents is 1. The first-order valence-electron chi connectivity index (χ1n) is 4.17. The van der Waals surface area contributed by atoms with Gasteiger partial charge in [0.15, 0.2) is 0 Å². The lowest BCUT2D eigenvalue weighted by molar-refractivity contribution is 0.475. The van der Waals surface area contributed by atoms with Gasteiger partial charge < -0.3 is 5.11 Å². The summed E-state index contributed by atoms with van der Waals surface area (Å²) in [6.07, 6.45) is 3.72. The Kier molecular flexibility index (Phi) is 2.29. The van der Waals surface area contributed by atoms with Gasteiger partial charge in [-0.2, -0.15) is 5.10 Å². The minimum absolute atomic E-state index is 0.240. The van der Waals surface area contributed by atoms with Gasteiger partial charge in [-0.05, 0) is 46.6 Å². The Labute approximate surface area is 90.1 Å². The minimum atomic E-state index is 0.240. The fourth-order valence-electron chi connectivity index (χ4n) is 1.23. The van der Waals surface area contributed by atoms with Crippen LogP contribution in [0.3, 0.4) is 0 Å². The summed E-state index contributed by atoms with van der Waals surface area (Å²) in [6, 6.07) is 5.09. The first-order chi connectivity index (χ1) is 6.66. The molecule has 72 valence electrons. The second-order valence-electron chi connectivity index (χ2n) is 3.10. The molecule has 0 bridgehead atoms. The van der Waals surface area contributed by atoms with E-state index >= 15 is 0 Å². The van der Waals surface area contributed by atoms with Gasteiger partial charge in [0.1, 0.15) is 5.75 Å². The van der Waals surface area contributed by atoms with Crippen molar-refractivity contribution in [3.05, 3.63) is 40.6 Å². The fraction of sp³-hybridized carbons (Fsp3) is 0.100. The predicted octanol–water partition coefficient (Wildman–Crippen LogP) is 2.65. The number of aromatic nitrogens is 2. The normalized spacial score (nSPS) is 10.4. The molecule has 0 fully saturated rings. The average Bonchev–Trinajstić information content (AvgIpc) is 2.51. The zero-order chi connectivity index (χ0) is 10.1. The van der Waals surface area contributed by atoms with Gasteiger partial charge in [0.05, 0.1) is 11.9 Å². The predicted molar refractivity (Wildman–Crippen MR) is 57.7 cm³/mol.